The monoisotopic (exact) mass is 185 g/mol. The summed E-state index contributed by atoms with van der Waals surface area (Å²) in [6.45, 7) is 8.17. The Balaban J connectivity index is 2.58. The number of nitrogens with zero attached hydrogens (tertiary/aromatic N) is 4. The summed E-state index contributed by atoms with van der Waals surface area (Å²) >= 11 is 0. The van der Waals surface area contributed by atoms with Crippen molar-refractivity contribution in [3.05, 3.63) is 0 Å². The van der Waals surface area contributed by atoms with Crippen LogP contribution >= 0.6 is 0 Å². The topological polar surface area (TPSA) is 66.9 Å². The second-order valence-corrected chi connectivity index (χ2v) is 3.33. The van der Waals surface area contributed by atoms with Crippen LogP contribution in [0, 0.1) is 0 Å². The van der Waals surface area contributed by atoms with Crippen molar-refractivity contribution in [1.29, 1.82) is 0 Å². The first-order chi connectivity index (χ1) is 6.11. The second-order valence-electron chi connectivity index (χ2n) is 3.33. The Labute approximate surface area is 77.2 Å². The van der Waals surface area contributed by atoms with Gasteiger partial charge in [0.05, 0.1) is 0 Å². The third kappa shape index (κ3) is 2.66. The van der Waals surface area contributed by atoms with Gasteiger partial charge in [0, 0.05) is 12.1 Å². The van der Waals surface area contributed by atoms with Crippen molar-refractivity contribution >= 4 is 0 Å². The van der Waals surface area contributed by atoms with Crippen LogP contribution in [-0.2, 0) is 0 Å². The number of hydrogen-bond donors (Lipinski definition) is 1. The molecule has 74 valence electrons. The first-order valence-electron chi connectivity index (χ1n) is 4.31. The van der Waals surface area contributed by atoms with Gasteiger partial charge in [0.15, 0.2) is 0 Å². The van der Waals surface area contributed by atoms with E-state index in [1.54, 1.807) is 0 Å². The van der Waals surface area contributed by atoms with Crippen LogP contribution < -0.4 is 4.84 Å². The number of nitrogens with one attached hydrogen (secondary N) is 1. The molecule has 0 spiro atoms. The van der Waals surface area contributed by atoms with Crippen molar-refractivity contribution in [3.63, 3.8) is 0 Å². The largest absolute Gasteiger partial charge is 0.375 e. The number of hydroxylamine groups is 2. The fraction of sp³-hybridized carbons (Fsp3) is 0.857. The zero-order valence-corrected chi connectivity index (χ0v) is 8.35. The molecular weight excluding hydrogens is 170 g/mol. The molecule has 1 aromatic rings. The molecule has 1 heterocycles. The van der Waals surface area contributed by atoms with Crippen molar-refractivity contribution in [3.8, 4) is 6.01 Å². The molecule has 0 aliphatic rings. The normalized spacial score (nSPS) is 11.6. The molecule has 6 nitrogen and oxygen atoms in total. The van der Waals surface area contributed by atoms with Crippen molar-refractivity contribution in [2.24, 2.45) is 0 Å². The Morgan fingerprint density at radius 1 is 1.23 bits per heavy atom. The van der Waals surface area contributed by atoms with Gasteiger partial charge in [0.25, 0.3) is 0 Å². The number of aromatic nitrogens is 4. The van der Waals surface area contributed by atoms with Crippen LogP contribution in [0.3, 0.4) is 0 Å². The lowest BCUT2D eigenvalue weighted by Gasteiger charge is -2.27. The molecule has 0 saturated heterocycles. The Morgan fingerprint density at radius 2 is 1.85 bits per heavy atom. The Bertz CT molecular complexity index is 225. The summed E-state index contributed by atoms with van der Waals surface area (Å²) in [6.07, 6.45) is 0. The Morgan fingerprint density at radius 3 is 2.23 bits per heavy atom. The van der Waals surface area contributed by atoms with Crippen LogP contribution in [0.25, 0.3) is 0 Å². The molecule has 6 heteroatoms. The average molecular weight is 185 g/mol. The maximum atomic E-state index is 5.39. The smallest absolute Gasteiger partial charge is 0.363 e. The molecule has 1 rings (SSSR count). The van der Waals surface area contributed by atoms with Crippen LogP contribution in [0.5, 0.6) is 6.01 Å². The zero-order valence-electron chi connectivity index (χ0n) is 8.35. The van der Waals surface area contributed by atoms with Crippen molar-refractivity contribution in [2.45, 2.75) is 39.8 Å². The molecule has 1 N–H and O–H groups in total. The quantitative estimate of drug-likeness (QED) is 0.696. The lowest BCUT2D eigenvalue weighted by Crippen LogP contribution is -2.40. The lowest BCUT2D eigenvalue weighted by atomic mass is 10.3. The summed E-state index contributed by atoms with van der Waals surface area (Å²) in [5.41, 5.74) is 0. The minimum Gasteiger partial charge on any atom is -0.363 e. The molecule has 0 atom stereocenters. The van der Waals surface area contributed by atoms with Gasteiger partial charge in [0.2, 0.25) is 0 Å². The lowest BCUT2D eigenvalue weighted by molar-refractivity contribution is -0.118. The SMILES string of the molecule is CC(C)N(Oc1nn[nH]n1)C(C)C. The van der Waals surface area contributed by atoms with Gasteiger partial charge >= 0.3 is 6.01 Å². The summed E-state index contributed by atoms with van der Waals surface area (Å²) < 4.78 is 0. The minimum atomic E-state index is 0.252. The van der Waals surface area contributed by atoms with Crippen LogP contribution in [0.15, 0.2) is 0 Å². The van der Waals surface area contributed by atoms with Crippen LogP contribution in [0.2, 0.25) is 0 Å². The fourth-order valence-corrected chi connectivity index (χ4v) is 1.09. The Hall–Kier alpha value is -1.17. The second kappa shape index (κ2) is 4.18. The van der Waals surface area contributed by atoms with Crippen molar-refractivity contribution in [2.75, 3.05) is 0 Å². The summed E-state index contributed by atoms with van der Waals surface area (Å²) in [5.74, 6) is 0. The van der Waals surface area contributed by atoms with Crippen molar-refractivity contribution in [1.82, 2.24) is 25.7 Å². The van der Waals surface area contributed by atoms with Gasteiger partial charge in [-0.1, -0.05) is 10.2 Å². The fourth-order valence-electron chi connectivity index (χ4n) is 1.09. The molecule has 0 amide bonds. The Kier molecular flexibility index (Phi) is 3.18. The van der Waals surface area contributed by atoms with Crippen LogP contribution in [0.1, 0.15) is 27.7 Å². The van der Waals surface area contributed by atoms with Gasteiger partial charge in [-0.25, -0.2) is 0 Å². The first-order valence-corrected chi connectivity index (χ1v) is 4.31. The third-order valence-electron chi connectivity index (χ3n) is 1.53. The summed E-state index contributed by atoms with van der Waals surface area (Å²) in [5, 5.41) is 15.0. The molecule has 0 aliphatic carbocycles. The van der Waals surface area contributed by atoms with E-state index in [9.17, 15) is 0 Å². The van der Waals surface area contributed by atoms with Gasteiger partial charge in [-0.2, -0.15) is 5.21 Å². The van der Waals surface area contributed by atoms with E-state index in [2.05, 4.69) is 20.6 Å². The van der Waals surface area contributed by atoms with Gasteiger partial charge in [-0.15, -0.1) is 5.06 Å². The molecule has 0 fully saturated rings. The molecule has 0 aromatic carbocycles. The molecular formula is C7H15N5O. The average Bonchev–Trinajstić information content (AvgIpc) is 2.50. The first kappa shape index (κ1) is 9.91. The maximum absolute atomic E-state index is 5.39. The van der Waals surface area contributed by atoms with Gasteiger partial charge in [-0.3, -0.25) is 0 Å². The molecule has 0 aliphatic heterocycles. The highest BCUT2D eigenvalue weighted by molar-refractivity contribution is 4.81. The highest BCUT2D eigenvalue weighted by Gasteiger charge is 2.17. The molecule has 0 radical (unpaired) electrons. The van der Waals surface area contributed by atoms with Crippen LogP contribution in [0.4, 0.5) is 0 Å². The molecule has 0 unspecified atom stereocenters. The van der Waals surface area contributed by atoms with Gasteiger partial charge in [0.1, 0.15) is 0 Å². The maximum Gasteiger partial charge on any atom is 0.375 e. The van der Waals surface area contributed by atoms with E-state index in [0.717, 1.165) is 0 Å². The molecule has 0 saturated carbocycles. The zero-order chi connectivity index (χ0) is 9.84. The molecule has 1 aromatic heterocycles. The van der Waals surface area contributed by atoms with Gasteiger partial charge in [-0.05, 0) is 32.9 Å². The number of H-pyrrole nitrogens is 1. The summed E-state index contributed by atoms with van der Waals surface area (Å²) in [6, 6.07) is 0.805. The number of rotatable bonds is 4. The van der Waals surface area contributed by atoms with E-state index in [1.165, 1.54) is 0 Å². The number of aromatic amines is 1. The number of tetrazole rings is 1. The van der Waals surface area contributed by atoms with E-state index in [0.29, 0.717) is 0 Å². The summed E-state index contributed by atoms with van der Waals surface area (Å²) in [4.78, 5) is 5.39. The predicted molar refractivity (Wildman–Crippen MR) is 46.9 cm³/mol. The minimum absolute atomic E-state index is 0.252. The number of hydrogen-bond acceptors (Lipinski definition) is 5. The van der Waals surface area contributed by atoms with E-state index in [-0.39, 0.29) is 18.1 Å². The van der Waals surface area contributed by atoms with E-state index < -0.39 is 0 Å². The van der Waals surface area contributed by atoms with Gasteiger partial charge < -0.3 is 4.84 Å². The molecule has 13 heavy (non-hydrogen) atoms. The van der Waals surface area contributed by atoms with E-state index in [1.807, 2.05) is 32.8 Å². The third-order valence-corrected chi connectivity index (χ3v) is 1.53. The standard InChI is InChI=1S/C7H15N5O/c1-5(2)12(6(3)4)13-7-8-10-11-9-7/h5-6H,1-4H3,(H,8,9,10,11). The predicted octanol–water partition coefficient (Wildman–Crippen LogP) is 0.612. The van der Waals surface area contributed by atoms with E-state index >= 15 is 0 Å². The van der Waals surface area contributed by atoms with Crippen LogP contribution in [-0.4, -0.2) is 37.8 Å². The highest BCUT2D eigenvalue weighted by atomic mass is 16.7. The molecule has 0 bridgehead atoms. The summed E-state index contributed by atoms with van der Waals surface area (Å²) in [7, 11) is 0. The van der Waals surface area contributed by atoms with E-state index in [4.69, 9.17) is 4.84 Å². The highest BCUT2D eigenvalue weighted by Crippen LogP contribution is 2.08. The van der Waals surface area contributed by atoms with Crippen molar-refractivity contribution < 1.29 is 4.84 Å².